The Morgan fingerprint density at radius 3 is 1.79 bits per heavy atom. The number of fused-ring (bicyclic) bond motifs is 2. The molecule has 14 heteroatoms. The molecule has 2 fully saturated rings. The fraction of sp³-hybridized carbons (Fsp3) is 0.347. The summed E-state index contributed by atoms with van der Waals surface area (Å²) in [6.07, 6.45) is 3.29. The molecule has 4 heterocycles. The first-order valence-corrected chi connectivity index (χ1v) is 21.5. The molecule has 0 atom stereocenters. The first-order valence-electron chi connectivity index (χ1n) is 21.5. The van der Waals surface area contributed by atoms with Gasteiger partial charge in [-0.3, -0.25) is 0 Å². The predicted octanol–water partition coefficient (Wildman–Crippen LogP) is 8.96. The first kappa shape index (κ1) is 43.0. The topological polar surface area (TPSA) is 168 Å². The van der Waals surface area contributed by atoms with Crippen molar-refractivity contribution in [3.05, 3.63) is 127 Å². The zero-order chi connectivity index (χ0) is 44.4. The van der Waals surface area contributed by atoms with Gasteiger partial charge in [0.15, 0.2) is 0 Å². The van der Waals surface area contributed by atoms with Gasteiger partial charge in [-0.2, -0.15) is 0 Å². The van der Waals surface area contributed by atoms with Gasteiger partial charge in [0.1, 0.15) is 46.2 Å². The summed E-state index contributed by atoms with van der Waals surface area (Å²) in [6.45, 7) is 11.3. The fourth-order valence-electron chi connectivity index (χ4n) is 8.17. The summed E-state index contributed by atoms with van der Waals surface area (Å²) in [4.78, 5) is 58.3. The Kier molecular flexibility index (Phi) is 12.5. The van der Waals surface area contributed by atoms with E-state index in [4.69, 9.17) is 18.3 Å². The van der Waals surface area contributed by atoms with E-state index in [0.29, 0.717) is 55.9 Å². The third-order valence-electron chi connectivity index (χ3n) is 12.1. The number of nitrogens with zero attached hydrogens (tertiary/aromatic N) is 2. The van der Waals surface area contributed by atoms with Gasteiger partial charge >= 0.3 is 23.3 Å². The summed E-state index contributed by atoms with van der Waals surface area (Å²) < 4.78 is 25.6. The number of piperidine rings is 2. The Morgan fingerprint density at radius 2 is 1.17 bits per heavy atom. The number of carbonyl (C=O) groups is 2. The lowest BCUT2D eigenvalue weighted by molar-refractivity contribution is 0.113. The number of hydrogen-bond donors (Lipinski definition) is 4. The number of nitrogens with one attached hydrogen (secondary N) is 4. The molecule has 0 aliphatic carbocycles. The van der Waals surface area contributed by atoms with Crippen molar-refractivity contribution < 1.29 is 27.9 Å². The van der Waals surface area contributed by atoms with Crippen LogP contribution in [0.15, 0.2) is 91.2 Å². The van der Waals surface area contributed by atoms with Crippen LogP contribution in [0.25, 0.3) is 21.9 Å². The monoisotopic (exact) mass is 854 g/mol. The van der Waals surface area contributed by atoms with Crippen molar-refractivity contribution in [1.29, 1.82) is 0 Å². The number of carbonyl (C=O) groups excluding carboxylic acids is 2. The number of benzene rings is 4. The molecule has 6 aromatic rings. The molecule has 14 nitrogen and oxygen atoms in total. The molecule has 2 saturated heterocycles. The summed E-state index contributed by atoms with van der Waals surface area (Å²) in [5.74, 6) is 1.10. The summed E-state index contributed by atoms with van der Waals surface area (Å²) in [5, 5.41) is 12.0. The molecule has 2 aliphatic heterocycles. The molecule has 2 aromatic heterocycles. The number of rotatable bonds is 10. The highest BCUT2D eigenvalue weighted by molar-refractivity contribution is 6.02. The molecule has 0 unspecified atom stereocenters. The minimum Gasteiger partial charge on any atom is -0.490 e. The molecule has 0 bridgehead atoms. The minimum absolute atomic E-state index is 0.0341. The third kappa shape index (κ3) is 10.0. The van der Waals surface area contributed by atoms with E-state index in [0.717, 1.165) is 68.6 Å². The highest BCUT2D eigenvalue weighted by Crippen LogP contribution is 2.38. The van der Waals surface area contributed by atoms with Gasteiger partial charge in [-0.05, 0) is 139 Å². The number of amides is 4. The van der Waals surface area contributed by atoms with Crippen molar-refractivity contribution in [2.24, 2.45) is 0 Å². The number of aryl methyl sites for hydroxylation is 4. The van der Waals surface area contributed by atoms with Crippen LogP contribution < -0.4 is 42.0 Å². The maximum Gasteiger partial charge on any atom is 0.360 e. The van der Waals surface area contributed by atoms with Crippen molar-refractivity contribution in [1.82, 2.24) is 9.80 Å². The van der Waals surface area contributed by atoms with E-state index in [-0.39, 0.29) is 35.6 Å². The van der Waals surface area contributed by atoms with E-state index in [9.17, 15) is 19.2 Å². The predicted molar refractivity (Wildman–Crippen MR) is 247 cm³/mol. The van der Waals surface area contributed by atoms with Crippen molar-refractivity contribution >= 4 is 56.8 Å². The van der Waals surface area contributed by atoms with Crippen LogP contribution >= 0.6 is 0 Å². The quantitative estimate of drug-likeness (QED) is 0.0977. The van der Waals surface area contributed by atoms with Gasteiger partial charge < -0.3 is 49.4 Å². The Hall–Kier alpha value is -6.64. The lowest BCUT2D eigenvalue weighted by Crippen LogP contribution is -2.35. The van der Waals surface area contributed by atoms with Gasteiger partial charge in [0.05, 0.1) is 0 Å². The van der Waals surface area contributed by atoms with Crippen LogP contribution in [0.4, 0.5) is 32.3 Å². The van der Waals surface area contributed by atoms with Gasteiger partial charge in [0.25, 0.3) is 0 Å². The van der Waals surface area contributed by atoms with Gasteiger partial charge in [0, 0.05) is 65.9 Å². The summed E-state index contributed by atoms with van der Waals surface area (Å²) in [7, 11) is 4.17. The maximum atomic E-state index is 13.7. The lowest BCUT2D eigenvalue weighted by atomic mass is 9.95. The van der Waals surface area contributed by atoms with E-state index in [1.54, 1.807) is 30.3 Å². The normalized spacial score (nSPS) is 15.3. The lowest BCUT2D eigenvalue weighted by Gasteiger charge is -2.30. The largest absolute Gasteiger partial charge is 0.490 e. The first-order chi connectivity index (χ1) is 30.3. The standard InChI is InChI=1S/C49H54N6O8/c1-28-7-11-34(12-8-28)50-48(58)52-40-25-32-10-14-42(60-36-15-19-54(5)20-16-36)39(45(32)63-46(40)56)24-33-26-43(61-37-17-21-55(6)22-18-37)31(4)44-38(33)27-41(47(57)62-44)53-49(59)51-35-13-9-29(2)30(3)23-35/h7-14,23,25-27,36-37H,15-22,24H2,1-6H3,(H2,50,52,58)(H2,51,53,59). The second kappa shape index (κ2) is 18.4. The van der Waals surface area contributed by atoms with E-state index >= 15 is 0 Å². The fourth-order valence-corrected chi connectivity index (χ4v) is 8.17. The molecule has 0 saturated carbocycles. The SMILES string of the molecule is Cc1ccc(NC(=O)Nc2cc3ccc(OC4CCN(C)CC4)c(Cc4cc(OC5CCN(C)CC5)c(C)c5oc(=O)c(NC(=O)Nc6ccc(C)c(C)c6)cc45)c3oc2=O)cc1. The van der Waals surface area contributed by atoms with E-state index in [1.807, 2.05) is 70.2 Å². The second-order valence-corrected chi connectivity index (χ2v) is 17.0. The van der Waals surface area contributed by atoms with E-state index in [2.05, 4.69) is 45.2 Å². The Bertz CT molecular complexity index is 2800. The van der Waals surface area contributed by atoms with Crippen molar-refractivity contribution in [2.45, 2.75) is 72.0 Å². The summed E-state index contributed by atoms with van der Waals surface area (Å²) in [5.41, 5.74) is 5.23. The molecule has 0 spiro atoms. The van der Waals surface area contributed by atoms with Gasteiger partial charge in [-0.15, -0.1) is 0 Å². The molecule has 4 N–H and O–H groups in total. The van der Waals surface area contributed by atoms with Crippen molar-refractivity contribution in [3.63, 3.8) is 0 Å². The maximum absolute atomic E-state index is 13.7. The van der Waals surface area contributed by atoms with Gasteiger partial charge in [-0.25, -0.2) is 19.2 Å². The van der Waals surface area contributed by atoms with Crippen LogP contribution in [0, 0.1) is 27.7 Å². The molecule has 4 aromatic carbocycles. The Morgan fingerprint density at radius 1 is 0.619 bits per heavy atom. The smallest absolute Gasteiger partial charge is 0.360 e. The molecule has 328 valence electrons. The zero-order valence-corrected chi connectivity index (χ0v) is 36.6. The number of anilines is 4. The molecular formula is C49H54N6O8. The molecule has 4 amide bonds. The molecular weight excluding hydrogens is 801 g/mol. The van der Waals surface area contributed by atoms with Gasteiger partial charge in [-0.1, -0.05) is 23.8 Å². The van der Waals surface area contributed by atoms with E-state index in [1.165, 1.54) is 0 Å². The zero-order valence-electron chi connectivity index (χ0n) is 36.6. The molecule has 2 aliphatic rings. The number of ether oxygens (including phenoxy) is 2. The molecule has 0 radical (unpaired) electrons. The third-order valence-corrected chi connectivity index (χ3v) is 12.1. The summed E-state index contributed by atoms with van der Waals surface area (Å²) in [6, 6.07) is 20.5. The molecule has 8 rings (SSSR count). The summed E-state index contributed by atoms with van der Waals surface area (Å²) >= 11 is 0. The van der Waals surface area contributed by atoms with Crippen LogP contribution in [0.2, 0.25) is 0 Å². The van der Waals surface area contributed by atoms with Crippen LogP contribution in [0.1, 0.15) is 59.1 Å². The Labute approximate surface area is 365 Å². The van der Waals surface area contributed by atoms with Gasteiger partial charge in [0.2, 0.25) is 0 Å². The minimum atomic E-state index is -0.744. The molecule has 63 heavy (non-hydrogen) atoms. The average molecular weight is 855 g/mol. The van der Waals surface area contributed by atoms with Crippen LogP contribution in [0.5, 0.6) is 11.5 Å². The number of hydrogen-bond acceptors (Lipinski definition) is 10. The highest BCUT2D eigenvalue weighted by atomic mass is 16.5. The highest BCUT2D eigenvalue weighted by Gasteiger charge is 2.26. The number of urea groups is 2. The van der Waals surface area contributed by atoms with Crippen molar-refractivity contribution in [3.8, 4) is 11.5 Å². The van der Waals surface area contributed by atoms with Crippen LogP contribution in [-0.2, 0) is 6.42 Å². The number of likely N-dealkylation sites (tertiary alicyclic amines) is 2. The van der Waals surface area contributed by atoms with Crippen LogP contribution in [-0.4, -0.2) is 74.3 Å². The average Bonchev–Trinajstić information content (AvgIpc) is 3.25. The van der Waals surface area contributed by atoms with E-state index < -0.39 is 23.3 Å². The Balaban J connectivity index is 1.20. The second-order valence-electron chi connectivity index (χ2n) is 17.0. The van der Waals surface area contributed by atoms with Crippen molar-refractivity contribution in [2.75, 3.05) is 61.5 Å². The van der Waals surface area contributed by atoms with Crippen LogP contribution in [0.3, 0.4) is 0 Å².